The molecule has 0 saturated heterocycles. The van der Waals surface area contributed by atoms with Crippen LogP contribution in [-0.4, -0.2) is 15.6 Å². The van der Waals surface area contributed by atoms with Crippen LogP contribution in [0, 0.1) is 38.0 Å². The highest BCUT2D eigenvalue weighted by Gasteiger charge is 2.40. The maximum atomic E-state index is 11.4. The van der Waals surface area contributed by atoms with Gasteiger partial charge in [0.15, 0.2) is 0 Å². The number of nitro groups is 2. The molecular formula is C20H24N4O4. The second kappa shape index (κ2) is 7.69. The summed E-state index contributed by atoms with van der Waals surface area (Å²) >= 11 is 0. The number of rotatable bonds is 4. The van der Waals surface area contributed by atoms with E-state index in [0.29, 0.717) is 17.8 Å². The van der Waals surface area contributed by atoms with Crippen molar-refractivity contribution in [2.75, 3.05) is 5.43 Å². The molecule has 3 atom stereocenters. The van der Waals surface area contributed by atoms with Crippen molar-refractivity contribution < 1.29 is 9.85 Å². The van der Waals surface area contributed by atoms with Gasteiger partial charge in [-0.15, -0.1) is 0 Å². The predicted molar refractivity (Wildman–Crippen MR) is 106 cm³/mol. The van der Waals surface area contributed by atoms with Crippen LogP contribution in [0.4, 0.5) is 17.1 Å². The first kappa shape index (κ1) is 18.6. The van der Waals surface area contributed by atoms with E-state index in [1.54, 1.807) is 5.57 Å². The second-order valence-electron chi connectivity index (χ2n) is 7.98. The molecule has 8 nitrogen and oxygen atoms in total. The fourth-order valence-corrected chi connectivity index (χ4v) is 5.16. The Bertz CT molecular complexity index is 864. The van der Waals surface area contributed by atoms with E-state index in [4.69, 9.17) is 0 Å². The van der Waals surface area contributed by atoms with E-state index < -0.39 is 9.85 Å². The second-order valence-corrected chi connectivity index (χ2v) is 7.98. The summed E-state index contributed by atoms with van der Waals surface area (Å²) in [6.45, 7) is 0. The molecule has 2 saturated carbocycles. The van der Waals surface area contributed by atoms with Crippen LogP contribution in [0.1, 0.15) is 51.4 Å². The number of hydrogen-bond donors (Lipinski definition) is 1. The van der Waals surface area contributed by atoms with Crippen LogP contribution in [0.3, 0.4) is 0 Å². The van der Waals surface area contributed by atoms with Gasteiger partial charge in [-0.2, -0.15) is 5.10 Å². The number of nitrogens with zero attached hydrogens (tertiary/aromatic N) is 3. The van der Waals surface area contributed by atoms with E-state index in [2.05, 4.69) is 16.6 Å². The molecule has 148 valence electrons. The molecule has 0 bridgehead atoms. The highest BCUT2D eigenvalue weighted by molar-refractivity contribution is 5.89. The number of fused-ring (bicyclic) bond motifs is 3. The standard InChI is InChI=1S/C20H24N4O4/c25-23(26)15-10-11-17(19(12-15)24(27)28)21-22-18-7-3-5-14-9-8-13-4-1-2-6-16(13)20(14)18/h8,10-12,14,16,20-21H,1-7,9H2/b22-18-/t14-,16-,20+/m1/s1. The first-order valence-electron chi connectivity index (χ1n) is 9.99. The van der Waals surface area contributed by atoms with Gasteiger partial charge in [-0.3, -0.25) is 25.7 Å². The lowest BCUT2D eigenvalue weighted by Crippen LogP contribution is -2.39. The molecule has 0 unspecified atom stereocenters. The molecule has 3 aliphatic carbocycles. The van der Waals surface area contributed by atoms with Gasteiger partial charge in [-0.05, 0) is 62.8 Å². The SMILES string of the molecule is O=[N+]([O-])c1ccc(N/N=C2/CCC[C@@H]3CC=C4CCCC[C@H]4[C@@H]23)c([N+](=O)[O-])c1. The lowest BCUT2D eigenvalue weighted by molar-refractivity contribution is -0.393. The van der Waals surface area contributed by atoms with Gasteiger partial charge in [-0.25, -0.2) is 0 Å². The lowest BCUT2D eigenvalue weighted by Gasteiger charge is -2.44. The summed E-state index contributed by atoms with van der Waals surface area (Å²) in [5, 5.41) is 26.9. The molecule has 0 amide bonds. The van der Waals surface area contributed by atoms with Gasteiger partial charge in [0, 0.05) is 17.7 Å². The highest BCUT2D eigenvalue weighted by Crippen LogP contribution is 2.47. The number of non-ortho nitro benzene ring substituents is 1. The van der Waals surface area contributed by atoms with Crippen LogP contribution in [-0.2, 0) is 0 Å². The molecule has 1 aromatic carbocycles. The van der Waals surface area contributed by atoms with E-state index in [9.17, 15) is 20.2 Å². The minimum atomic E-state index is -0.632. The van der Waals surface area contributed by atoms with Crippen LogP contribution in [0.5, 0.6) is 0 Å². The third-order valence-electron chi connectivity index (χ3n) is 6.43. The third-order valence-corrected chi connectivity index (χ3v) is 6.43. The molecule has 1 aromatic rings. The monoisotopic (exact) mass is 384 g/mol. The molecule has 0 aliphatic heterocycles. The highest BCUT2D eigenvalue weighted by atomic mass is 16.6. The Labute approximate surface area is 163 Å². The topological polar surface area (TPSA) is 111 Å². The molecular weight excluding hydrogens is 360 g/mol. The molecule has 1 N–H and O–H groups in total. The van der Waals surface area contributed by atoms with Crippen molar-refractivity contribution in [2.45, 2.75) is 51.4 Å². The van der Waals surface area contributed by atoms with Crippen LogP contribution in [0.25, 0.3) is 0 Å². The number of nitro benzene ring substituents is 2. The van der Waals surface area contributed by atoms with Crippen molar-refractivity contribution >= 4 is 22.8 Å². The van der Waals surface area contributed by atoms with Crippen molar-refractivity contribution in [2.24, 2.45) is 22.9 Å². The Morgan fingerprint density at radius 2 is 1.89 bits per heavy atom. The number of nitrogens with one attached hydrogen (secondary N) is 1. The molecule has 0 aromatic heterocycles. The molecule has 0 heterocycles. The van der Waals surface area contributed by atoms with Crippen molar-refractivity contribution in [3.8, 4) is 0 Å². The Balaban J connectivity index is 1.61. The minimum absolute atomic E-state index is 0.195. The first-order chi connectivity index (χ1) is 13.5. The average molecular weight is 384 g/mol. The number of hydrogen-bond acceptors (Lipinski definition) is 6. The summed E-state index contributed by atoms with van der Waals surface area (Å²) in [5.74, 6) is 1.58. The Morgan fingerprint density at radius 3 is 2.68 bits per heavy atom. The molecule has 0 radical (unpaired) electrons. The number of anilines is 1. The van der Waals surface area contributed by atoms with E-state index in [-0.39, 0.29) is 17.1 Å². The fourth-order valence-electron chi connectivity index (χ4n) is 5.16. The zero-order valence-electron chi connectivity index (χ0n) is 15.7. The van der Waals surface area contributed by atoms with Crippen LogP contribution in [0.2, 0.25) is 0 Å². The summed E-state index contributed by atoms with van der Waals surface area (Å²) in [7, 11) is 0. The third kappa shape index (κ3) is 3.50. The van der Waals surface area contributed by atoms with Crippen molar-refractivity contribution in [1.82, 2.24) is 0 Å². The van der Waals surface area contributed by atoms with Crippen molar-refractivity contribution in [1.29, 1.82) is 0 Å². The zero-order chi connectivity index (χ0) is 19.7. The van der Waals surface area contributed by atoms with Crippen molar-refractivity contribution in [3.63, 3.8) is 0 Å². The molecule has 0 spiro atoms. The maximum absolute atomic E-state index is 11.4. The van der Waals surface area contributed by atoms with Gasteiger partial charge in [0.1, 0.15) is 5.69 Å². The van der Waals surface area contributed by atoms with Crippen LogP contribution < -0.4 is 5.43 Å². The van der Waals surface area contributed by atoms with Gasteiger partial charge < -0.3 is 0 Å². The van der Waals surface area contributed by atoms with Gasteiger partial charge in [0.25, 0.3) is 5.69 Å². The fraction of sp³-hybridized carbons (Fsp3) is 0.550. The van der Waals surface area contributed by atoms with Crippen molar-refractivity contribution in [3.05, 3.63) is 50.1 Å². The summed E-state index contributed by atoms with van der Waals surface area (Å²) < 4.78 is 0. The van der Waals surface area contributed by atoms with Crippen LogP contribution >= 0.6 is 0 Å². The van der Waals surface area contributed by atoms with Crippen LogP contribution in [0.15, 0.2) is 34.9 Å². The largest absolute Gasteiger partial charge is 0.301 e. The van der Waals surface area contributed by atoms with E-state index in [1.165, 1.54) is 44.2 Å². The van der Waals surface area contributed by atoms with Gasteiger partial charge in [0.05, 0.1) is 15.9 Å². The number of benzene rings is 1. The molecule has 2 fully saturated rings. The average Bonchev–Trinajstić information content (AvgIpc) is 2.71. The predicted octanol–water partition coefficient (Wildman–Crippen LogP) is 5.21. The smallest absolute Gasteiger partial charge is 0.272 e. The summed E-state index contributed by atoms with van der Waals surface area (Å²) in [6, 6.07) is 3.62. The molecule has 28 heavy (non-hydrogen) atoms. The summed E-state index contributed by atoms with van der Waals surface area (Å²) in [4.78, 5) is 21.0. The number of hydrazone groups is 1. The molecule has 8 heteroatoms. The quantitative estimate of drug-likeness (QED) is 0.435. The maximum Gasteiger partial charge on any atom is 0.301 e. The zero-order valence-corrected chi connectivity index (χ0v) is 15.7. The Morgan fingerprint density at radius 1 is 1.04 bits per heavy atom. The van der Waals surface area contributed by atoms with E-state index >= 15 is 0 Å². The molecule has 4 rings (SSSR count). The lowest BCUT2D eigenvalue weighted by atomic mass is 9.61. The van der Waals surface area contributed by atoms with Gasteiger partial charge in [-0.1, -0.05) is 18.1 Å². The Hall–Kier alpha value is -2.77. The molecule has 3 aliphatic rings. The summed E-state index contributed by atoms with van der Waals surface area (Å²) in [5.41, 5.74) is 5.10. The van der Waals surface area contributed by atoms with E-state index in [1.807, 2.05) is 0 Å². The minimum Gasteiger partial charge on any atom is -0.272 e. The first-order valence-corrected chi connectivity index (χ1v) is 9.99. The van der Waals surface area contributed by atoms with E-state index in [0.717, 1.165) is 31.0 Å². The number of allylic oxidation sites excluding steroid dienone is 2. The van der Waals surface area contributed by atoms with Gasteiger partial charge in [0.2, 0.25) is 0 Å². The Kier molecular flexibility index (Phi) is 5.11. The normalized spacial score (nSPS) is 28.1. The summed E-state index contributed by atoms with van der Waals surface area (Å²) in [6.07, 6.45) is 11.6. The van der Waals surface area contributed by atoms with Gasteiger partial charge >= 0.3 is 5.69 Å².